The number of carbonyl (C=O) groups is 1. The molecule has 0 saturated carbocycles. The van der Waals surface area contributed by atoms with Crippen LogP contribution >= 0.6 is 0 Å². The second-order valence-electron chi connectivity index (χ2n) is 7.02. The SMILES string of the molecule is O=C(c1ccc(N2CCCS2(=O)=O)cc1)N1CCN(c2ccccc2F)CC1. The first-order valence-electron chi connectivity index (χ1n) is 9.35. The molecule has 0 atom stereocenters. The smallest absolute Gasteiger partial charge is 0.253 e. The number of hydrogen-bond acceptors (Lipinski definition) is 4. The van der Waals surface area contributed by atoms with Crippen LogP contribution in [0.15, 0.2) is 48.5 Å². The molecule has 2 heterocycles. The fraction of sp³-hybridized carbons (Fsp3) is 0.350. The Balaban J connectivity index is 1.41. The summed E-state index contributed by atoms with van der Waals surface area (Å²) in [5.74, 6) is -0.182. The lowest BCUT2D eigenvalue weighted by atomic mass is 10.1. The van der Waals surface area contributed by atoms with Gasteiger partial charge in [0.15, 0.2) is 0 Å². The summed E-state index contributed by atoms with van der Waals surface area (Å²) in [4.78, 5) is 16.5. The van der Waals surface area contributed by atoms with Crippen LogP contribution in [0.3, 0.4) is 0 Å². The minimum Gasteiger partial charge on any atom is -0.366 e. The molecule has 0 N–H and O–H groups in total. The number of anilines is 2. The van der Waals surface area contributed by atoms with E-state index in [-0.39, 0.29) is 17.5 Å². The molecule has 2 aromatic rings. The van der Waals surface area contributed by atoms with E-state index < -0.39 is 10.0 Å². The van der Waals surface area contributed by atoms with E-state index in [1.165, 1.54) is 10.4 Å². The number of benzene rings is 2. The summed E-state index contributed by atoms with van der Waals surface area (Å²) >= 11 is 0. The second kappa shape index (κ2) is 7.43. The van der Waals surface area contributed by atoms with Crippen molar-refractivity contribution in [3.05, 3.63) is 59.9 Å². The van der Waals surface area contributed by atoms with Crippen molar-refractivity contribution in [2.45, 2.75) is 6.42 Å². The molecule has 0 spiro atoms. The average molecular weight is 403 g/mol. The average Bonchev–Trinajstić information content (AvgIpc) is 3.07. The van der Waals surface area contributed by atoms with Gasteiger partial charge in [-0.05, 0) is 42.8 Å². The van der Waals surface area contributed by atoms with Gasteiger partial charge in [-0.15, -0.1) is 0 Å². The molecule has 0 aliphatic carbocycles. The van der Waals surface area contributed by atoms with E-state index in [2.05, 4.69) is 0 Å². The van der Waals surface area contributed by atoms with Crippen molar-refractivity contribution >= 4 is 27.3 Å². The molecule has 2 saturated heterocycles. The first-order valence-corrected chi connectivity index (χ1v) is 11.0. The minimum atomic E-state index is -3.23. The van der Waals surface area contributed by atoms with Crippen LogP contribution in [0, 0.1) is 5.82 Å². The summed E-state index contributed by atoms with van der Waals surface area (Å²) in [7, 11) is -3.23. The molecule has 0 radical (unpaired) electrons. The van der Waals surface area contributed by atoms with Crippen molar-refractivity contribution < 1.29 is 17.6 Å². The number of rotatable bonds is 3. The third kappa shape index (κ3) is 3.56. The molecule has 1 amide bonds. The Labute approximate surface area is 164 Å². The van der Waals surface area contributed by atoms with Gasteiger partial charge in [-0.3, -0.25) is 9.10 Å². The van der Waals surface area contributed by atoms with Crippen molar-refractivity contribution in [3.63, 3.8) is 0 Å². The summed E-state index contributed by atoms with van der Waals surface area (Å²) < 4.78 is 39.4. The lowest BCUT2D eigenvalue weighted by molar-refractivity contribution is 0.0746. The van der Waals surface area contributed by atoms with E-state index in [0.717, 1.165) is 0 Å². The molecule has 0 bridgehead atoms. The summed E-state index contributed by atoms with van der Waals surface area (Å²) in [6, 6.07) is 13.4. The van der Waals surface area contributed by atoms with Gasteiger partial charge >= 0.3 is 0 Å². The molecule has 4 rings (SSSR count). The number of carbonyl (C=O) groups excluding carboxylic acids is 1. The van der Waals surface area contributed by atoms with Crippen LogP contribution < -0.4 is 9.21 Å². The van der Waals surface area contributed by atoms with Crippen molar-refractivity contribution in [3.8, 4) is 0 Å². The Kier molecular flexibility index (Phi) is 4.97. The van der Waals surface area contributed by atoms with Crippen LogP contribution in [-0.2, 0) is 10.0 Å². The van der Waals surface area contributed by atoms with Crippen molar-refractivity contribution in [2.24, 2.45) is 0 Å². The Morgan fingerprint density at radius 1 is 0.893 bits per heavy atom. The number of piperazine rings is 1. The van der Waals surface area contributed by atoms with Gasteiger partial charge in [0.05, 0.1) is 17.1 Å². The van der Waals surface area contributed by atoms with Crippen molar-refractivity contribution in [2.75, 3.05) is 47.7 Å². The normalized spacial score (nSPS) is 19.1. The van der Waals surface area contributed by atoms with Crippen LogP contribution in [0.2, 0.25) is 0 Å². The van der Waals surface area contributed by atoms with Gasteiger partial charge in [-0.2, -0.15) is 0 Å². The predicted octanol–water partition coefficient (Wildman–Crippen LogP) is 2.33. The Morgan fingerprint density at radius 2 is 1.57 bits per heavy atom. The van der Waals surface area contributed by atoms with Crippen LogP contribution in [0.1, 0.15) is 16.8 Å². The number of amides is 1. The molecule has 2 aliphatic heterocycles. The van der Waals surface area contributed by atoms with Gasteiger partial charge in [0.1, 0.15) is 5.82 Å². The molecule has 2 fully saturated rings. The number of nitrogens with zero attached hydrogens (tertiary/aromatic N) is 3. The number of para-hydroxylation sites is 1. The Hall–Kier alpha value is -2.61. The molecule has 0 unspecified atom stereocenters. The molecule has 2 aliphatic rings. The number of hydrogen-bond donors (Lipinski definition) is 0. The lowest BCUT2D eigenvalue weighted by Crippen LogP contribution is -2.49. The zero-order valence-electron chi connectivity index (χ0n) is 15.4. The number of sulfonamides is 1. The van der Waals surface area contributed by atoms with Gasteiger partial charge in [0, 0.05) is 38.3 Å². The maximum atomic E-state index is 13.9. The van der Waals surface area contributed by atoms with E-state index in [4.69, 9.17) is 0 Å². The fourth-order valence-electron chi connectivity index (χ4n) is 3.74. The first kappa shape index (κ1) is 18.7. The van der Waals surface area contributed by atoms with E-state index in [1.54, 1.807) is 47.4 Å². The third-order valence-electron chi connectivity index (χ3n) is 5.26. The zero-order valence-corrected chi connectivity index (χ0v) is 16.2. The van der Waals surface area contributed by atoms with Crippen LogP contribution in [0.5, 0.6) is 0 Å². The van der Waals surface area contributed by atoms with Gasteiger partial charge in [0.2, 0.25) is 10.0 Å². The Morgan fingerprint density at radius 3 is 2.18 bits per heavy atom. The maximum absolute atomic E-state index is 13.9. The summed E-state index contributed by atoms with van der Waals surface area (Å²) in [6.45, 7) is 2.63. The molecule has 28 heavy (non-hydrogen) atoms. The molecule has 2 aromatic carbocycles. The van der Waals surface area contributed by atoms with Gasteiger partial charge < -0.3 is 9.80 Å². The standard InChI is InChI=1S/C20H22FN3O3S/c21-18-4-1-2-5-19(18)22-11-13-23(14-12-22)20(25)16-6-8-17(9-7-16)24-10-3-15-28(24,26)27/h1-2,4-9H,3,10-15H2. The highest BCUT2D eigenvalue weighted by atomic mass is 32.2. The first-order chi connectivity index (χ1) is 13.5. The molecule has 148 valence electrons. The van der Waals surface area contributed by atoms with Crippen molar-refractivity contribution in [1.82, 2.24) is 4.90 Å². The molecule has 0 aromatic heterocycles. The van der Waals surface area contributed by atoms with E-state index in [1.807, 2.05) is 4.90 Å². The topological polar surface area (TPSA) is 60.9 Å². The highest BCUT2D eigenvalue weighted by Crippen LogP contribution is 2.25. The van der Waals surface area contributed by atoms with Crippen LogP contribution in [0.4, 0.5) is 15.8 Å². The van der Waals surface area contributed by atoms with Crippen molar-refractivity contribution in [1.29, 1.82) is 0 Å². The van der Waals surface area contributed by atoms with Crippen LogP contribution in [0.25, 0.3) is 0 Å². The zero-order chi connectivity index (χ0) is 19.7. The van der Waals surface area contributed by atoms with Gasteiger partial charge in [0.25, 0.3) is 5.91 Å². The Bertz CT molecular complexity index is 970. The van der Waals surface area contributed by atoms with E-state index in [0.29, 0.717) is 56.1 Å². The second-order valence-corrected chi connectivity index (χ2v) is 9.03. The third-order valence-corrected chi connectivity index (χ3v) is 7.13. The van der Waals surface area contributed by atoms with Gasteiger partial charge in [-0.25, -0.2) is 12.8 Å². The minimum absolute atomic E-state index is 0.0935. The fourth-order valence-corrected chi connectivity index (χ4v) is 5.31. The quantitative estimate of drug-likeness (QED) is 0.789. The molecule has 8 heteroatoms. The summed E-state index contributed by atoms with van der Waals surface area (Å²) in [5.41, 5.74) is 1.68. The number of halogens is 1. The van der Waals surface area contributed by atoms with E-state index >= 15 is 0 Å². The van der Waals surface area contributed by atoms with Gasteiger partial charge in [-0.1, -0.05) is 12.1 Å². The molecular weight excluding hydrogens is 381 g/mol. The summed E-state index contributed by atoms with van der Waals surface area (Å²) in [5, 5.41) is 0. The molecule has 6 nitrogen and oxygen atoms in total. The van der Waals surface area contributed by atoms with Crippen LogP contribution in [-0.4, -0.2) is 57.7 Å². The highest BCUT2D eigenvalue weighted by Gasteiger charge is 2.29. The monoisotopic (exact) mass is 403 g/mol. The maximum Gasteiger partial charge on any atom is 0.253 e. The summed E-state index contributed by atoms with van der Waals surface area (Å²) in [6.07, 6.45) is 0.620. The molecular formula is C20H22FN3O3S. The van der Waals surface area contributed by atoms with E-state index in [9.17, 15) is 17.6 Å². The largest absolute Gasteiger partial charge is 0.366 e. The highest BCUT2D eigenvalue weighted by molar-refractivity contribution is 7.93. The lowest BCUT2D eigenvalue weighted by Gasteiger charge is -2.36. The predicted molar refractivity (Wildman–Crippen MR) is 107 cm³/mol.